The summed E-state index contributed by atoms with van der Waals surface area (Å²) in [6.45, 7) is 7.67. The summed E-state index contributed by atoms with van der Waals surface area (Å²) in [4.78, 5) is 36.1. The summed E-state index contributed by atoms with van der Waals surface area (Å²) in [6, 6.07) is 18.7. The molecule has 3 amide bonds. The highest BCUT2D eigenvalue weighted by Crippen LogP contribution is 2.07. The van der Waals surface area contributed by atoms with Gasteiger partial charge in [0, 0.05) is 32.2 Å². The molecule has 0 aliphatic carbocycles. The van der Waals surface area contributed by atoms with Crippen molar-refractivity contribution in [1.82, 2.24) is 21.3 Å². The van der Waals surface area contributed by atoms with E-state index >= 15 is 0 Å². The molecule has 0 aliphatic rings. The van der Waals surface area contributed by atoms with E-state index in [-0.39, 0.29) is 19.3 Å². The Morgan fingerprint density at radius 2 is 1.28 bits per heavy atom. The lowest BCUT2D eigenvalue weighted by atomic mass is 10.1. The number of rotatable bonds is 15. The molecule has 10 heteroatoms. The Hall–Kier alpha value is -3.79. The number of ether oxygens (including phenoxy) is 3. The maximum absolute atomic E-state index is 12.4. The minimum atomic E-state index is -0.543. The molecule has 0 heterocycles. The molecule has 39 heavy (non-hydrogen) atoms. The number of nitrogens with one attached hydrogen (secondary N) is 4. The lowest BCUT2D eigenvalue weighted by Gasteiger charge is -2.20. The number of carbonyl (C=O) groups is 3. The molecule has 0 saturated heterocycles. The number of alkyl carbamates (subject to hydrolysis) is 3. The Bertz CT molecular complexity index is 982. The topological polar surface area (TPSA) is 127 Å². The fourth-order valence-corrected chi connectivity index (χ4v) is 3.48. The van der Waals surface area contributed by atoms with Gasteiger partial charge in [0.1, 0.15) is 18.8 Å². The van der Waals surface area contributed by atoms with Crippen LogP contribution in [0.2, 0.25) is 0 Å². The molecule has 0 fully saturated rings. The van der Waals surface area contributed by atoms with Crippen LogP contribution in [-0.2, 0) is 27.4 Å². The highest BCUT2D eigenvalue weighted by Gasteiger charge is 2.16. The highest BCUT2D eigenvalue weighted by atomic mass is 16.6. The van der Waals surface area contributed by atoms with E-state index in [2.05, 4.69) is 21.3 Å². The number of unbranched alkanes of at least 4 members (excludes halogenated alkanes) is 1. The molecule has 214 valence electrons. The average Bonchev–Trinajstić information content (AvgIpc) is 2.90. The Balaban J connectivity index is 1.69. The maximum atomic E-state index is 12.4. The maximum Gasteiger partial charge on any atom is 0.407 e. The second-order valence-electron chi connectivity index (χ2n) is 10.0. The van der Waals surface area contributed by atoms with Crippen LogP contribution < -0.4 is 21.3 Å². The highest BCUT2D eigenvalue weighted by molar-refractivity contribution is 5.68. The largest absolute Gasteiger partial charge is 0.445 e. The molecule has 1 atom stereocenters. The molecule has 1 unspecified atom stereocenters. The third-order valence-electron chi connectivity index (χ3n) is 5.36. The van der Waals surface area contributed by atoms with Gasteiger partial charge in [-0.1, -0.05) is 60.7 Å². The Morgan fingerprint density at radius 3 is 1.87 bits per heavy atom. The molecular weight excluding hydrogens is 500 g/mol. The molecule has 0 aromatic heterocycles. The zero-order valence-corrected chi connectivity index (χ0v) is 23.2. The van der Waals surface area contributed by atoms with E-state index in [4.69, 9.17) is 14.2 Å². The summed E-state index contributed by atoms with van der Waals surface area (Å²) in [7, 11) is 0. The van der Waals surface area contributed by atoms with Gasteiger partial charge in [0.05, 0.1) is 0 Å². The zero-order valence-electron chi connectivity index (χ0n) is 23.2. The van der Waals surface area contributed by atoms with Crippen LogP contribution in [0.4, 0.5) is 14.4 Å². The molecule has 4 N–H and O–H groups in total. The van der Waals surface area contributed by atoms with Crippen molar-refractivity contribution in [1.29, 1.82) is 0 Å². The van der Waals surface area contributed by atoms with E-state index in [9.17, 15) is 14.4 Å². The van der Waals surface area contributed by atoms with Crippen molar-refractivity contribution in [2.75, 3.05) is 26.2 Å². The predicted octanol–water partition coefficient (Wildman–Crippen LogP) is 4.49. The van der Waals surface area contributed by atoms with Crippen molar-refractivity contribution < 1.29 is 28.6 Å². The van der Waals surface area contributed by atoms with Gasteiger partial charge in [-0.05, 0) is 51.2 Å². The van der Waals surface area contributed by atoms with E-state index in [1.54, 1.807) is 0 Å². The third-order valence-corrected chi connectivity index (χ3v) is 5.36. The first kappa shape index (κ1) is 31.4. The predicted molar refractivity (Wildman–Crippen MR) is 149 cm³/mol. The van der Waals surface area contributed by atoms with E-state index in [0.717, 1.165) is 24.0 Å². The fraction of sp³-hybridized carbons (Fsp3) is 0.483. The van der Waals surface area contributed by atoms with Gasteiger partial charge in [-0.2, -0.15) is 0 Å². The molecule has 0 radical (unpaired) electrons. The normalized spacial score (nSPS) is 11.7. The number of hydrogen-bond acceptors (Lipinski definition) is 7. The van der Waals surface area contributed by atoms with E-state index in [1.165, 1.54) is 0 Å². The van der Waals surface area contributed by atoms with Crippen molar-refractivity contribution in [2.45, 2.75) is 64.9 Å². The third kappa shape index (κ3) is 15.9. The monoisotopic (exact) mass is 542 g/mol. The van der Waals surface area contributed by atoms with Crippen molar-refractivity contribution in [3.63, 3.8) is 0 Å². The van der Waals surface area contributed by atoms with Crippen LogP contribution in [0.25, 0.3) is 0 Å². The van der Waals surface area contributed by atoms with Gasteiger partial charge in [-0.3, -0.25) is 0 Å². The molecule has 2 aromatic rings. The van der Waals surface area contributed by atoms with Gasteiger partial charge < -0.3 is 35.5 Å². The van der Waals surface area contributed by atoms with E-state index < -0.39 is 23.9 Å². The van der Waals surface area contributed by atoms with Gasteiger partial charge in [0.15, 0.2) is 0 Å². The average molecular weight is 543 g/mol. The lowest BCUT2D eigenvalue weighted by molar-refractivity contribution is 0.0527. The van der Waals surface area contributed by atoms with Crippen LogP contribution in [0.15, 0.2) is 60.7 Å². The molecular formula is C29H42N4O6. The molecule has 0 saturated carbocycles. The first-order chi connectivity index (χ1) is 18.7. The lowest BCUT2D eigenvalue weighted by Crippen LogP contribution is -2.44. The van der Waals surface area contributed by atoms with Gasteiger partial charge in [-0.25, -0.2) is 14.4 Å². The summed E-state index contributed by atoms with van der Waals surface area (Å²) < 4.78 is 15.8. The number of carbonyl (C=O) groups excluding carboxylic acids is 3. The number of hydrogen-bond donors (Lipinski definition) is 4. The zero-order chi connectivity index (χ0) is 28.3. The Labute approximate surface area is 231 Å². The molecule has 0 aliphatic heterocycles. The van der Waals surface area contributed by atoms with Gasteiger partial charge in [0.25, 0.3) is 0 Å². The van der Waals surface area contributed by atoms with Crippen LogP contribution in [-0.4, -0.2) is 56.1 Å². The number of benzene rings is 2. The number of amides is 3. The molecule has 2 aromatic carbocycles. The van der Waals surface area contributed by atoms with Crippen LogP contribution in [0.3, 0.4) is 0 Å². The van der Waals surface area contributed by atoms with Crippen LogP contribution in [0, 0.1) is 0 Å². The summed E-state index contributed by atoms with van der Waals surface area (Å²) in [5, 5.41) is 11.6. The SMILES string of the molecule is CC(C)(C)OC(=O)NCCCCC(CNCCNC(=O)OCc1ccccc1)NC(=O)OCc1ccccc1. The van der Waals surface area contributed by atoms with Crippen LogP contribution in [0.5, 0.6) is 0 Å². The smallest absolute Gasteiger partial charge is 0.407 e. The summed E-state index contributed by atoms with van der Waals surface area (Å²) >= 11 is 0. The standard InChI is InChI=1S/C29H42N4O6/c1-29(2,3)39-27(35)31-17-11-10-16-25(33-28(36)38-22-24-14-8-5-9-15-24)20-30-18-19-32-26(34)37-21-23-12-6-4-7-13-23/h4-9,12-15,25,30H,10-11,16-22H2,1-3H3,(H,31,35)(H,32,34)(H,33,36). The Kier molecular flexibility index (Phi) is 14.2. The second kappa shape index (κ2) is 17.7. The summed E-state index contributed by atoms with van der Waals surface area (Å²) in [5.74, 6) is 0. The summed E-state index contributed by atoms with van der Waals surface area (Å²) in [5.41, 5.74) is 1.28. The van der Waals surface area contributed by atoms with Crippen molar-refractivity contribution in [2.24, 2.45) is 0 Å². The molecule has 2 rings (SSSR count). The van der Waals surface area contributed by atoms with Gasteiger partial charge in [0.2, 0.25) is 0 Å². The van der Waals surface area contributed by atoms with Crippen LogP contribution in [0.1, 0.15) is 51.2 Å². The van der Waals surface area contributed by atoms with E-state index in [1.807, 2.05) is 81.4 Å². The van der Waals surface area contributed by atoms with Gasteiger partial charge >= 0.3 is 18.3 Å². The minimum Gasteiger partial charge on any atom is -0.445 e. The molecule has 0 bridgehead atoms. The quantitative estimate of drug-likeness (QED) is 0.193. The Morgan fingerprint density at radius 1 is 0.718 bits per heavy atom. The van der Waals surface area contributed by atoms with Crippen molar-refractivity contribution in [3.8, 4) is 0 Å². The first-order valence-corrected chi connectivity index (χ1v) is 13.3. The van der Waals surface area contributed by atoms with Crippen molar-refractivity contribution in [3.05, 3.63) is 71.8 Å². The molecule has 0 spiro atoms. The first-order valence-electron chi connectivity index (χ1n) is 13.3. The molecule has 10 nitrogen and oxygen atoms in total. The fourth-order valence-electron chi connectivity index (χ4n) is 3.48. The van der Waals surface area contributed by atoms with Crippen molar-refractivity contribution >= 4 is 18.3 Å². The second-order valence-corrected chi connectivity index (χ2v) is 10.0. The minimum absolute atomic E-state index is 0.182. The van der Waals surface area contributed by atoms with E-state index in [0.29, 0.717) is 32.6 Å². The summed E-state index contributed by atoms with van der Waals surface area (Å²) in [6.07, 6.45) is 0.738. The van der Waals surface area contributed by atoms with Crippen LogP contribution >= 0.6 is 0 Å². The van der Waals surface area contributed by atoms with Gasteiger partial charge in [-0.15, -0.1) is 0 Å².